The fourth-order valence-electron chi connectivity index (χ4n) is 2.20. The maximum Gasteiger partial charge on any atom is 0.306 e. The van der Waals surface area contributed by atoms with Crippen LogP contribution in [0.4, 0.5) is 0 Å². The highest BCUT2D eigenvalue weighted by atomic mass is 35.5. The first kappa shape index (κ1) is 19.1. The second-order valence-electron chi connectivity index (χ2n) is 5.84. The molecule has 2 atom stereocenters. The Labute approximate surface area is 153 Å². The molecular weight excluding hydrogens is 340 g/mol. The van der Waals surface area contributed by atoms with Gasteiger partial charge in [-0.1, -0.05) is 18.5 Å². The first-order valence-electron chi connectivity index (χ1n) is 8.33. The molecule has 0 amide bonds. The Balaban J connectivity index is 1.88. The molecule has 0 radical (unpaired) electrons. The van der Waals surface area contributed by atoms with Gasteiger partial charge >= 0.3 is 5.97 Å². The molecule has 0 heterocycles. The molecule has 2 aromatic rings. The molecule has 5 heteroatoms. The summed E-state index contributed by atoms with van der Waals surface area (Å²) < 4.78 is 16.6. The van der Waals surface area contributed by atoms with Gasteiger partial charge in [-0.15, -0.1) is 0 Å². The zero-order chi connectivity index (χ0) is 18.2. The van der Waals surface area contributed by atoms with Crippen LogP contribution in [0.15, 0.2) is 48.5 Å². The summed E-state index contributed by atoms with van der Waals surface area (Å²) in [7, 11) is 0. The van der Waals surface area contributed by atoms with Crippen LogP contribution < -0.4 is 9.47 Å². The predicted molar refractivity (Wildman–Crippen MR) is 98.5 cm³/mol. The molecule has 2 rings (SSSR count). The van der Waals surface area contributed by atoms with E-state index in [0.717, 1.165) is 11.5 Å². The third-order valence-corrected chi connectivity index (χ3v) is 4.04. The molecule has 2 unspecified atom stereocenters. The molecule has 0 aliphatic heterocycles. The zero-order valence-corrected chi connectivity index (χ0v) is 15.5. The molecule has 0 N–H and O–H groups in total. The third-order valence-electron chi connectivity index (χ3n) is 3.79. The molecule has 25 heavy (non-hydrogen) atoms. The Morgan fingerprint density at radius 2 is 1.48 bits per heavy atom. The quantitative estimate of drug-likeness (QED) is 0.582. The van der Waals surface area contributed by atoms with Crippen molar-refractivity contribution in [3.63, 3.8) is 0 Å². The van der Waals surface area contributed by atoms with Gasteiger partial charge in [0.15, 0.2) is 0 Å². The number of carbonyl (C=O) groups is 1. The summed E-state index contributed by atoms with van der Waals surface area (Å²) >= 11 is 5.86. The van der Waals surface area contributed by atoms with E-state index in [9.17, 15) is 4.79 Å². The average molecular weight is 363 g/mol. The van der Waals surface area contributed by atoms with Gasteiger partial charge in [0.2, 0.25) is 0 Å². The van der Waals surface area contributed by atoms with Crippen molar-refractivity contribution in [3.05, 3.63) is 53.6 Å². The highest BCUT2D eigenvalue weighted by molar-refractivity contribution is 6.30. The molecule has 134 valence electrons. The van der Waals surface area contributed by atoms with Gasteiger partial charge in [0.05, 0.1) is 19.1 Å². The smallest absolute Gasteiger partial charge is 0.306 e. The summed E-state index contributed by atoms with van der Waals surface area (Å²) in [6.07, 6.45) is 0.236. The zero-order valence-electron chi connectivity index (χ0n) is 14.7. The van der Waals surface area contributed by atoms with Crippen LogP contribution >= 0.6 is 11.6 Å². The van der Waals surface area contributed by atoms with Gasteiger partial charge in [0.25, 0.3) is 0 Å². The topological polar surface area (TPSA) is 44.8 Å². The lowest BCUT2D eigenvalue weighted by molar-refractivity contribution is -0.144. The van der Waals surface area contributed by atoms with Gasteiger partial charge in [0.1, 0.15) is 17.2 Å². The Morgan fingerprint density at radius 3 is 2.04 bits per heavy atom. The minimum absolute atomic E-state index is 0.0593. The fraction of sp³-hybridized carbons (Fsp3) is 0.350. The second kappa shape index (κ2) is 9.33. The summed E-state index contributed by atoms with van der Waals surface area (Å²) in [5, 5.41) is 0.669. The number of esters is 1. The van der Waals surface area contributed by atoms with Crippen LogP contribution in [-0.2, 0) is 9.53 Å². The Bertz CT molecular complexity index is 667. The monoisotopic (exact) mass is 362 g/mol. The fourth-order valence-corrected chi connectivity index (χ4v) is 2.33. The van der Waals surface area contributed by atoms with Crippen molar-refractivity contribution in [2.75, 3.05) is 6.61 Å². The first-order valence-corrected chi connectivity index (χ1v) is 8.71. The van der Waals surface area contributed by atoms with Crippen LogP contribution in [-0.4, -0.2) is 18.7 Å². The van der Waals surface area contributed by atoms with Gasteiger partial charge in [-0.2, -0.15) is 0 Å². The Kier molecular flexibility index (Phi) is 7.14. The first-order chi connectivity index (χ1) is 12.0. The molecule has 0 spiro atoms. The summed E-state index contributed by atoms with van der Waals surface area (Å²) in [5.41, 5.74) is 0. The molecule has 0 fully saturated rings. The van der Waals surface area contributed by atoms with Crippen molar-refractivity contribution >= 4 is 17.6 Å². The minimum atomic E-state index is -0.197. The summed E-state index contributed by atoms with van der Waals surface area (Å²) in [6.45, 7) is 6.12. The normalized spacial score (nSPS) is 13.0. The van der Waals surface area contributed by atoms with Crippen molar-refractivity contribution in [3.8, 4) is 17.2 Å². The van der Waals surface area contributed by atoms with Gasteiger partial charge in [0, 0.05) is 10.9 Å². The number of rotatable bonds is 8. The molecule has 0 saturated heterocycles. The molecule has 4 nitrogen and oxygen atoms in total. The van der Waals surface area contributed by atoms with E-state index in [-0.39, 0.29) is 18.0 Å². The third kappa shape index (κ3) is 6.31. The molecular formula is C20H23ClO4. The summed E-state index contributed by atoms with van der Waals surface area (Å²) in [6, 6.07) is 14.6. The minimum Gasteiger partial charge on any atom is -0.490 e. The molecule has 0 bridgehead atoms. The Hall–Kier alpha value is -2.20. The van der Waals surface area contributed by atoms with E-state index in [1.54, 1.807) is 19.1 Å². The van der Waals surface area contributed by atoms with E-state index in [2.05, 4.69) is 0 Å². The van der Waals surface area contributed by atoms with Gasteiger partial charge in [-0.25, -0.2) is 0 Å². The lowest BCUT2D eigenvalue weighted by Crippen LogP contribution is -2.24. The van der Waals surface area contributed by atoms with Gasteiger partial charge in [-0.05, 0) is 62.4 Å². The Morgan fingerprint density at radius 1 is 0.960 bits per heavy atom. The van der Waals surface area contributed by atoms with E-state index in [0.29, 0.717) is 23.8 Å². The SMILES string of the molecule is CCOC(=O)CC(C)C(C)Oc1ccc(Oc2ccc(Cl)cc2)cc1. The lowest BCUT2D eigenvalue weighted by Gasteiger charge is -2.21. The number of hydrogen-bond acceptors (Lipinski definition) is 4. The van der Waals surface area contributed by atoms with E-state index < -0.39 is 0 Å². The molecule has 0 aliphatic rings. The molecule has 0 aliphatic carbocycles. The van der Waals surface area contributed by atoms with Crippen molar-refractivity contribution in [2.45, 2.75) is 33.3 Å². The van der Waals surface area contributed by atoms with Crippen molar-refractivity contribution < 1.29 is 19.0 Å². The van der Waals surface area contributed by atoms with E-state index in [1.165, 1.54) is 0 Å². The maximum atomic E-state index is 11.5. The van der Waals surface area contributed by atoms with Crippen LogP contribution in [0, 0.1) is 5.92 Å². The lowest BCUT2D eigenvalue weighted by atomic mass is 10.0. The van der Waals surface area contributed by atoms with Crippen LogP contribution in [0.3, 0.4) is 0 Å². The van der Waals surface area contributed by atoms with E-state index in [4.69, 9.17) is 25.8 Å². The average Bonchev–Trinajstić information content (AvgIpc) is 2.58. The van der Waals surface area contributed by atoms with Crippen molar-refractivity contribution in [1.29, 1.82) is 0 Å². The van der Waals surface area contributed by atoms with Crippen LogP contribution in [0.1, 0.15) is 27.2 Å². The number of benzene rings is 2. The van der Waals surface area contributed by atoms with Crippen molar-refractivity contribution in [2.24, 2.45) is 5.92 Å². The summed E-state index contributed by atoms with van der Waals surface area (Å²) in [4.78, 5) is 11.5. The van der Waals surface area contributed by atoms with Crippen LogP contribution in [0.2, 0.25) is 5.02 Å². The molecule has 2 aromatic carbocycles. The van der Waals surface area contributed by atoms with Gasteiger partial charge < -0.3 is 14.2 Å². The number of ether oxygens (including phenoxy) is 3. The number of carbonyl (C=O) groups excluding carboxylic acids is 1. The predicted octanol–water partition coefficient (Wildman–Crippen LogP) is 5.49. The van der Waals surface area contributed by atoms with Crippen LogP contribution in [0.5, 0.6) is 17.2 Å². The van der Waals surface area contributed by atoms with Crippen LogP contribution in [0.25, 0.3) is 0 Å². The maximum absolute atomic E-state index is 11.5. The standard InChI is InChI=1S/C20H23ClO4/c1-4-23-20(22)13-14(2)15(3)24-17-9-11-19(12-10-17)25-18-7-5-16(21)6-8-18/h5-12,14-15H,4,13H2,1-3H3. The molecule has 0 saturated carbocycles. The number of hydrogen-bond donors (Lipinski definition) is 0. The summed E-state index contributed by atoms with van der Waals surface area (Å²) in [5.74, 6) is 2.02. The second-order valence-corrected chi connectivity index (χ2v) is 6.27. The van der Waals surface area contributed by atoms with E-state index in [1.807, 2.05) is 50.2 Å². The largest absolute Gasteiger partial charge is 0.490 e. The van der Waals surface area contributed by atoms with E-state index >= 15 is 0 Å². The highest BCUT2D eigenvalue weighted by Gasteiger charge is 2.18. The number of halogens is 1. The van der Waals surface area contributed by atoms with Crippen molar-refractivity contribution in [1.82, 2.24) is 0 Å². The highest BCUT2D eigenvalue weighted by Crippen LogP contribution is 2.26. The van der Waals surface area contributed by atoms with Gasteiger partial charge in [-0.3, -0.25) is 4.79 Å². The molecule has 0 aromatic heterocycles.